The highest BCUT2D eigenvalue weighted by atomic mass is 16.5. The van der Waals surface area contributed by atoms with Gasteiger partial charge in [0.25, 0.3) is 0 Å². The second kappa shape index (κ2) is 8.54. The van der Waals surface area contributed by atoms with Crippen molar-refractivity contribution in [2.24, 2.45) is 0 Å². The molecule has 1 nitrogen and oxygen atoms in total. The molecule has 0 aliphatic rings. The number of ether oxygens (including phenoxy) is 1. The second-order valence-electron chi connectivity index (χ2n) is 3.14. The second-order valence-corrected chi connectivity index (χ2v) is 3.14. The van der Waals surface area contributed by atoms with E-state index in [0.717, 1.165) is 13.0 Å². The van der Waals surface area contributed by atoms with E-state index < -0.39 is 0 Å². The van der Waals surface area contributed by atoms with E-state index >= 15 is 0 Å². The summed E-state index contributed by atoms with van der Waals surface area (Å²) in [6.07, 6.45) is 7.61. The van der Waals surface area contributed by atoms with Crippen molar-refractivity contribution in [3.63, 3.8) is 0 Å². The van der Waals surface area contributed by atoms with E-state index in [1.165, 1.54) is 18.4 Å². The van der Waals surface area contributed by atoms with Crippen molar-refractivity contribution in [2.75, 3.05) is 13.2 Å². The van der Waals surface area contributed by atoms with E-state index in [0.29, 0.717) is 6.61 Å². The maximum Gasteiger partial charge on any atom is 0.0644 e. The fraction of sp³-hybridized carbons (Fsp3) is 0.636. The molecule has 0 aliphatic carbocycles. The molecule has 0 N–H and O–H groups in total. The molecule has 0 bridgehead atoms. The molecule has 0 aromatic rings. The van der Waals surface area contributed by atoms with E-state index in [1.54, 1.807) is 6.08 Å². The summed E-state index contributed by atoms with van der Waals surface area (Å²) in [7, 11) is 0. The SMILES string of the molecule is C=CCOCCCCC=C(C)C. The van der Waals surface area contributed by atoms with Gasteiger partial charge in [0.2, 0.25) is 0 Å². The summed E-state index contributed by atoms with van der Waals surface area (Å²) in [6, 6.07) is 0. The molecule has 0 radical (unpaired) electrons. The molecule has 12 heavy (non-hydrogen) atoms. The maximum absolute atomic E-state index is 5.25. The minimum Gasteiger partial charge on any atom is -0.377 e. The maximum atomic E-state index is 5.25. The summed E-state index contributed by atoms with van der Waals surface area (Å²) in [6.45, 7) is 9.40. The Morgan fingerprint density at radius 1 is 1.33 bits per heavy atom. The van der Waals surface area contributed by atoms with Crippen LogP contribution in [0, 0.1) is 0 Å². The highest BCUT2D eigenvalue weighted by Gasteiger charge is 1.86. The Balaban J connectivity index is 3.00. The first kappa shape index (κ1) is 11.4. The molecule has 70 valence electrons. The van der Waals surface area contributed by atoms with E-state index in [2.05, 4.69) is 26.5 Å². The van der Waals surface area contributed by atoms with Crippen molar-refractivity contribution < 1.29 is 4.74 Å². The molecule has 0 atom stereocenters. The fourth-order valence-electron chi connectivity index (χ4n) is 0.906. The van der Waals surface area contributed by atoms with Crippen molar-refractivity contribution in [3.05, 3.63) is 24.3 Å². The molecule has 0 saturated carbocycles. The smallest absolute Gasteiger partial charge is 0.0644 e. The number of hydrogen-bond acceptors (Lipinski definition) is 1. The van der Waals surface area contributed by atoms with Gasteiger partial charge >= 0.3 is 0 Å². The van der Waals surface area contributed by atoms with Gasteiger partial charge < -0.3 is 4.74 Å². The summed E-state index contributed by atoms with van der Waals surface area (Å²) in [5.74, 6) is 0. The van der Waals surface area contributed by atoms with Crippen molar-refractivity contribution in [3.8, 4) is 0 Å². The zero-order valence-electron chi connectivity index (χ0n) is 8.31. The topological polar surface area (TPSA) is 9.23 Å². The van der Waals surface area contributed by atoms with Crippen LogP contribution in [-0.2, 0) is 4.74 Å². The zero-order chi connectivity index (χ0) is 9.23. The van der Waals surface area contributed by atoms with Crippen LogP contribution in [0.1, 0.15) is 33.1 Å². The minimum absolute atomic E-state index is 0.683. The van der Waals surface area contributed by atoms with E-state index in [1.807, 2.05) is 0 Å². The van der Waals surface area contributed by atoms with Crippen LogP contribution in [0.15, 0.2) is 24.3 Å². The Morgan fingerprint density at radius 3 is 2.67 bits per heavy atom. The average Bonchev–Trinajstić information content (AvgIpc) is 2.02. The van der Waals surface area contributed by atoms with Crippen molar-refractivity contribution in [2.45, 2.75) is 33.1 Å². The van der Waals surface area contributed by atoms with Gasteiger partial charge in [0, 0.05) is 6.61 Å². The summed E-state index contributed by atoms with van der Waals surface area (Å²) in [5, 5.41) is 0. The van der Waals surface area contributed by atoms with Gasteiger partial charge in [-0.1, -0.05) is 17.7 Å². The van der Waals surface area contributed by atoms with Gasteiger partial charge in [0.1, 0.15) is 0 Å². The third-order valence-corrected chi connectivity index (χ3v) is 1.53. The molecular weight excluding hydrogens is 148 g/mol. The van der Waals surface area contributed by atoms with Crippen LogP contribution in [0.4, 0.5) is 0 Å². The summed E-state index contributed by atoms with van der Waals surface area (Å²) in [5.41, 5.74) is 1.40. The van der Waals surface area contributed by atoms with Gasteiger partial charge in [0.05, 0.1) is 6.61 Å². The van der Waals surface area contributed by atoms with Gasteiger partial charge in [-0.3, -0.25) is 0 Å². The normalized spacial score (nSPS) is 9.50. The Kier molecular flexibility index (Phi) is 8.14. The highest BCUT2D eigenvalue weighted by Crippen LogP contribution is 2.00. The molecule has 0 unspecified atom stereocenters. The summed E-state index contributed by atoms with van der Waals surface area (Å²) < 4.78 is 5.25. The first-order chi connectivity index (χ1) is 5.77. The molecule has 1 heteroatoms. The van der Waals surface area contributed by atoms with Gasteiger partial charge in [-0.15, -0.1) is 6.58 Å². The van der Waals surface area contributed by atoms with Crippen LogP contribution in [0.3, 0.4) is 0 Å². The molecular formula is C11H20O. The van der Waals surface area contributed by atoms with Crippen LogP contribution < -0.4 is 0 Å². The van der Waals surface area contributed by atoms with Crippen molar-refractivity contribution in [1.29, 1.82) is 0 Å². The lowest BCUT2D eigenvalue weighted by atomic mass is 10.2. The fourth-order valence-corrected chi connectivity index (χ4v) is 0.906. The van der Waals surface area contributed by atoms with E-state index in [4.69, 9.17) is 4.74 Å². The summed E-state index contributed by atoms with van der Waals surface area (Å²) in [4.78, 5) is 0. The quantitative estimate of drug-likeness (QED) is 0.418. The lowest BCUT2D eigenvalue weighted by molar-refractivity contribution is 0.158. The molecule has 0 aromatic heterocycles. The third kappa shape index (κ3) is 9.44. The van der Waals surface area contributed by atoms with Crippen LogP contribution in [0.25, 0.3) is 0 Å². The van der Waals surface area contributed by atoms with E-state index in [9.17, 15) is 0 Å². The van der Waals surface area contributed by atoms with Gasteiger partial charge in [-0.25, -0.2) is 0 Å². The molecule has 0 aliphatic heterocycles. The van der Waals surface area contributed by atoms with Crippen molar-refractivity contribution in [1.82, 2.24) is 0 Å². The molecule has 0 heterocycles. The first-order valence-corrected chi connectivity index (χ1v) is 4.59. The van der Waals surface area contributed by atoms with Gasteiger partial charge in [-0.05, 0) is 33.1 Å². The van der Waals surface area contributed by atoms with Gasteiger partial charge in [-0.2, -0.15) is 0 Å². The Bertz CT molecular complexity index is 132. The Hall–Kier alpha value is -0.560. The van der Waals surface area contributed by atoms with E-state index in [-0.39, 0.29) is 0 Å². The van der Waals surface area contributed by atoms with Crippen LogP contribution in [0.5, 0.6) is 0 Å². The zero-order valence-corrected chi connectivity index (χ0v) is 8.31. The van der Waals surface area contributed by atoms with Crippen LogP contribution in [-0.4, -0.2) is 13.2 Å². The predicted molar refractivity (Wildman–Crippen MR) is 54.3 cm³/mol. The molecule has 0 saturated heterocycles. The Morgan fingerprint density at radius 2 is 2.08 bits per heavy atom. The molecule has 0 amide bonds. The monoisotopic (exact) mass is 168 g/mol. The Labute approximate surface area is 76.1 Å². The number of hydrogen-bond donors (Lipinski definition) is 0. The standard InChI is InChI=1S/C11H20O/c1-4-9-12-10-7-5-6-8-11(2)3/h4,8H,1,5-7,9-10H2,2-3H3. The molecule has 0 aromatic carbocycles. The molecule has 0 spiro atoms. The number of allylic oxidation sites excluding steroid dienone is 2. The van der Waals surface area contributed by atoms with Crippen LogP contribution in [0.2, 0.25) is 0 Å². The number of rotatable bonds is 7. The third-order valence-electron chi connectivity index (χ3n) is 1.53. The van der Waals surface area contributed by atoms with Crippen LogP contribution >= 0.6 is 0 Å². The largest absolute Gasteiger partial charge is 0.377 e. The van der Waals surface area contributed by atoms with Crippen molar-refractivity contribution >= 4 is 0 Å². The number of unbranched alkanes of at least 4 members (excludes halogenated alkanes) is 2. The van der Waals surface area contributed by atoms with Gasteiger partial charge in [0.15, 0.2) is 0 Å². The summed E-state index contributed by atoms with van der Waals surface area (Å²) >= 11 is 0. The minimum atomic E-state index is 0.683. The lowest BCUT2D eigenvalue weighted by Gasteiger charge is -1.99. The lowest BCUT2D eigenvalue weighted by Crippen LogP contribution is -1.93. The first-order valence-electron chi connectivity index (χ1n) is 4.59. The molecule has 0 rings (SSSR count). The average molecular weight is 168 g/mol. The highest BCUT2D eigenvalue weighted by molar-refractivity contribution is 4.92. The molecule has 0 fully saturated rings. The predicted octanol–water partition coefficient (Wildman–Crippen LogP) is 3.33.